The highest BCUT2D eigenvalue weighted by atomic mass is 19.1. The Morgan fingerprint density at radius 2 is 2.05 bits per heavy atom. The number of amides is 2. The highest BCUT2D eigenvalue weighted by Gasteiger charge is 2.26. The van der Waals surface area contributed by atoms with Gasteiger partial charge in [0, 0.05) is 30.5 Å². The first-order chi connectivity index (χ1) is 10.5. The highest BCUT2D eigenvalue weighted by molar-refractivity contribution is 5.79. The number of halogens is 2. The minimum Gasteiger partial charge on any atom is -0.352 e. The van der Waals surface area contributed by atoms with Gasteiger partial charge in [-0.2, -0.15) is 0 Å². The second kappa shape index (κ2) is 7.33. The summed E-state index contributed by atoms with van der Waals surface area (Å²) in [5, 5.41) is 5.64. The Morgan fingerprint density at radius 3 is 2.68 bits per heavy atom. The Labute approximate surface area is 128 Å². The molecule has 2 N–H and O–H groups in total. The summed E-state index contributed by atoms with van der Waals surface area (Å²) in [6.07, 6.45) is 1.77. The van der Waals surface area contributed by atoms with Crippen molar-refractivity contribution in [3.05, 3.63) is 35.4 Å². The average molecular weight is 310 g/mol. The van der Waals surface area contributed by atoms with Crippen molar-refractivity contribution in [2.75, 3.05) is 0 Å². The van der Waals surface area contributed by atoms with Crippen LogP contribution in [0.1, 0.15) is 38.2 Å². The van der Waals surface area contributed by atoms with E-state index in [4.69, 9.17) is 0 Å². The number of carbonyl (C=O) groups excluding carboxylic acids is 2. The molecule has 1 heterocycles. The van der Waals surface area contributed by atoms with E-state index < -0.39 is 11.6 Å². The summed E-state index contributed by atoms with van der Waals surface area (Å²) in [5.41, 5.74) is 0.0218. The summed E-state index contributed by atoms with van der Waals surface area (Å²) in [4.78, 5) is 23.1. The summed E-state index contributed by atoms with van der Waals surface area (Å²) in [6.45, 7) is 1.84. The molecule has 2 unspecified atom stereocenters. The largest absolute Gasteiger partial charge is 0.352 e. The highest BCUT2D eigenvalue weighted by Crippen LogP contribution is 2.15. The van der Waals surface area contributed by atoms with Crippen LogP contribution < -0.4 is 10.6 Å². The first-order valence-electron chi connectivity index (χ1n) is 7.49. The molecule has 22 heavy (non-hydrogen) atoms. The summed E-state index contributed by atoms with van der Waals surface area (Å²) >= 11 is 0. The number of benzene rings is 1. The standard InChI is InChI=1S/C16H20F2N2O2/c1-10-14(8-9-16(22)19-10)20-15(21)7-2-4-11-12(17)5-3-6-13(11)18/h3,5-6,10,14H,2,4,7-9H2,1H3,(H,19,22)(H,20,21). The van der Waals surface area contributed by atoms with Crippen molar-refractivity contribution < 1.29 is 18.4 Å². The molecule has 0 bridgehead atoms. The van der Waals surface area contributed by atoms with E-state index >= 15 is 0 Å². The molecule has 2 atom stereocenters. The minimum atomic E-state index is -0.580. The van der Waals surface area contributed by atoms with Crippen molar-refractivity contribution in [1.29, 1.82) is 0 Å². The van der Waals surface area contributed by atoms with Crippen molar-refractivity contribution in [2.45, 2.75) is 51.1 Å². The van der Waals surface area contributed by atoms with Crippen LogP contribution in [0.15, 0.2) is 18.2 Å². The van der Waals surface area contributed by atoms with Gasteiger partial charge in [-0.3, -0.25) is 9.59 Å². The maximum absolute atomic E-state index is 13.5. The number of hydrogen-bond donors (Lipinski definition) is 2. The van der Waals surface area contributed by atoms with E-state index in [1.165, 1.54) is 18.2 Å². The molecule has 2 amide bonds. The van der Waals surface area contributed by atoms with Crippen LogP contribution in [0, 0.1) is 11.6 Å². The molecule has 1 saturated heterocycles. The first kappa shape index (κ1) is 16.4. The van der Waals surface area contributed by atoms with Gasteiger partial charge < -0.3 is 10.6 Å². The average Bonchev–Trinajstić information content (AvgIpc) is 2.45. The van der Waals surface area contributed by atoms with E-state index in [0.717, 1.165) is 0 Å². The molecule has 120 valence electrons. The summed E-state index contributed by atoms with van der Waals surface area (Å²) in [7, 11) is 0. The molecule has 6 heteroatoms. The minimum absolute atomic E-state index is 0.00646. The fourth-order valence-corrected chi connectivity index (χ4v) is 2.64. The fraction of sp³-hybridized carbons (Fsp3) is 0.500. The molecule has 0 aliphatic carbocycles. The van der Waals surface area contributed by atoms with Gasteiger partial charge in [0.15, 0.2) is 0 Å². The maximum Gasteiger partial charge on any atom is 0.220 e. The van der Waals surface area contributed by atoms with Crippen molar-refractivity contribution in [3.63, 3.8) is 0 Å². The van der Waals surface area contributed by atoms with Gasteiger partial charge in [0.1, 0.15) is 11.6 Å². The Kier molecular flexibility index (Phi) is 5.46. The molecule has 0 aromatic heterocycles. The monoisotopic (exact) mass is 310 g/mol. The molecule has 1 fully saturated rings. The lowest BCUT2D eigenvalue weighted by molar-refractivity contribution is -0.126. The Bertz CT molecular complexity index is 543. The molecule has 2 rings (SSSR count). The number of carbonyl (C=O) groups is 2. The number of piperidine rings is 1. The summed E-state index contributed by atoms with van der Waals surface area (Å²) in [5.74, 6) is -1.33. The molecule has 0 spiro atoms. The van der Waals surface area contributed by atoms with Gasteiger partial charge in [-0.05, 0) is 38.3 Å². The first-order valence-corrected chi connectivity index (χ1v) is 7.49. The summed E-state index contributed by atoms with van der Waals surface area (Å²) < 4.78 is 26.9. The SMILES string of the molecule is CC1NC(=O)CCC1NC(=O)CCCc1c(F)cccc1F. The van der Waals surface area contributed by atoms with E-state index in [1.54, 1.807) is 0 Å². The topological polar surface area (TPSA) is 58.2 Å². The second-order valence-electron chi connectivity index (χ2n) is 5.62. The van der Waals surface area contributed by atoms with Crippen LogP contribution in [0.25, 0.3) is 0 Å². The van der Waals surface area contributed by atoms with Gasteiger partial charge in [-0.25, -0.2) is 8.78 Å². The van der Waals surface area contributed by atoms with E-state index in [2.05, 4.69) is 10.6 Å². The second-order valence-corrected chi connectivity index (χ2v) is 5.62. The van der Waals surface area contributed by atoms with Gasteiger partial charge in [-0.15, -0.1) is 0 Å². The Morgan fingerprint density at radius 1 is 1.36 bits per heavy atom. The van der Waals surface area contributed by atoms with Crippen molar-refractivity contribution >= 4 is 11.8 Å². The summed E-state index contributed by atoms with van der Waals surface area (Å²) in [6, 6.07) is 3.56. The van der Waals surface area contributed by atoms with Crippen LogP contribution in [0.5, 0.6) is 0 Å². The molecule has 1 aliphatic heterocycles. The molecule has 0 radical (unpaired) electrons. The van der Waals surface area contributed by atoms with Crippen LogP contribution in [0.3, 0.4) is 0 Å². The van der Waals surface area contributed by atoms with Crippen molar-refractivity contribution in [1.82, 2.24) is 10.6 Å². The van der Waals surface area contributed by atoms with E-state index in [-0.39, 0.29) is 42.3 Å². The van der Waals surface area contributed by atoms with E-state index in [1.807, 2.05) is 6.92 Å². The lowest BCUT2D eigenvalue weighted by Crippen LogP contribution is -2.53. The number of rotatable bonds is 5. The van der Waals surface area contributed by atoms with Gasteiger partial charge >= 0.3 is 0 Å². The lowest BCUT2D eigenvalue weighted by atomic mass is 9.99. The van der Waals surface area contributed by atoms with Crippen LogP contribution in [-0.4, -0.2) is 23.9 Å². The molecular formula is C16H20F2N2O2. The van der Waals surface area contributed by atoms with Gasteiger partial charge in [0.25, 0.3) is 0 Å². The predicted molar refractivity (Wildman–Crippen MR) is 78.1 cm³/mol. The number of nitrogens with one attached hydrogen (secondary N) is 2. The zero-order valence-electron chi connectivity index (χ0n) is 12.5. The third-order valence-corrected chi connectivity index (χ3v) is 3.91. The van der Waals surface area contributed by atoms with Crippen LogP contribution >= 0.6 is 0 Å². The zero-order chi connectivity index (χ0) is 16.1. The van der Waals surface area contributed by atoms with Crippen molar-refractivity contribution in [3.8, 4) is 0 Å². The molecule has 1 aliphatic rings. The third kappa shape index (κ3) is 4.26. The normalized spacial score (nSPS) is 21.3. The van der Waals surface area contributed by atoms with Gasteiger partial charge in [-0.1, -0.05) is 6.07 Å². The zero-order valence-corrected chi connectivity index (χ0v) is 12.5. The molecular weight excluding hydrogens is 290 g/mol. The predicted octanol–water partition coefficient (Wildman–Crippen LogP) is 2.07. The number of hydrogen-bond acceptors (Lipinski definition) is 2. The van der Waals surface area contributed by atoms with Crippen molar-refractivity contribution in [2.24, 2.45) is 0 Å². The van der Waals surface area contributed by atoms with Crippen LogP contribution in [0.4, 0.5) is 8.78 Å². The lowest BCUT2D eigenvalue weighted by Gasteiger charge is -2.30. The van der Waals surface area contributed by atoms with Gasteiger partial charge in [0.2, 0.25) is 11.8 Å². The molecule has 1 aromatic carbocycles. The molecule has 4 nitrogen and oxygen atoms in total. The third-order valence-electron chi connectivity index (χ3n) is 3.91. The van der Waals surface area contributed by atoms with Gasteiger partial charge in [0.05, 0.1) is 0 Å². The molecule has 0 saturated carbocycles. The Hall–Kier alpha value is -1.98. The van der Waals surface area contributed by atoms with E-state index in [0.29, 0.717) is 19.3 Å². The quantitative estimate of drug-likeness (QED) is 0.875. The smallest absolute Gasteiger partial charge is 0.220 e. The fourth-order valence-electron chi connectivity index (χ4n) is 2.64. The van der Waals surface area contributed by atoms with Crippen LogP contribution in [0.2, 0.25) is 0 Å². The molecule has 1 aromatic rings. The Balaban J connectivity index is 1.77. The van der Waals surface area contributed by atoms with E-state index in [9.17, 15) is 18.4 Å². The van der Waals surface area contributed by atoms with Crippen LogP contribution in [-0.2, 0) is 16.0 Å². The maximum atomic E-state index is 13.5.